The third kappa shape index (κ3) is 3.44. The second-order valence-corrected chi connectivity index (χ2v) is 6.72. The van der Waals surface area contributed by atoms with Gasteiger partial charge in [0.1, 0.15) is 0 Å². The van der Waals surface area contributed by atoms with Crippen LogP contribution in [0.15, 0.2) is 50.5 Å². The summed E-state index contributed by atoms with van der Waals surface area (Å²) in [7, 11) is 0. The summed E-state index contributed by atoms with van der Waals surface area (Å²) in [5, 5.41) is 0.762. The van der Waals surface area contributed by atoms with Gasteiger partial charge in [-0.15, -0.1) is 0 Å². The molecule has 1 aromatic carbocycles. The van der Waals surface area contributed by atoms with Gasteiger partial charge < -0.3 is 4.42 Å². The maximum Gasteiger partial charge on any atom is 0.295 e. The van der Waals surface area contributed by atoms with Crippen molar-refractivity contribution in [1.29, 1.82) is 0 Å². The van der Waals surface area contributed by atoms with E-state index >= 15 is 0 Å². The summed E-state index contributed by atoms with van der Waals surface area (Å²) in [5.41, 5.74) is 2.46. The van der Waals surface area contributed by atoms with Crippen LogP contribution in [0.3, 0.4) is 0 Å². The van der Waals surface area contributed by atoms with Gasteiger partial charge in [0.05, 0.1) is 6.54 Å². The lowest BCUT2D eigenvalue weighted by molar-refractivity contribution is 0.0829. The minimum Gasteiger partial charge on any atom is -0.444 e. The van der Waals surface area contributed by atoms with Gasteiger partial charge in [0, 0.05) is 12.3 Å². The Balaban J connectivity index is 1.65. The Kier molecular flexibility index (Phi) is 4.69. The van der Waals surface area contributed by atoms with Crippen molar-refractivity contribution in [3.8, 4) is 0 Å². The predicted octanol–water partition coefficient (Wildman–Crippen LogP) is 4.10. The van der Waals surface area contributed by atoms with E-state index in [-0.39, 0.29) is 5.91 Å². The lowest BCUT2D eigenvalue weighted by Gasteiger charge is -2.16. The maximum absolute atomic E-state index is 12.4. The minimum atomic E-state index is -0.140. The fraction of sp³-hybridized carbons (Fsp3) is 0.250. The lowest BCUT2D eigenvalue weighted by Crippen LogP contribution is -2.32. The summed E-state index contributed by atoms with van der Waals surface area (Å²) in [6, 6.07) is 11.8. The van der Waals surface area contributed by atoms with Gasteiger partial charge in [0.15, 0.2) is 15.6 Å². The molecule has 0 aliphatic carbocycles. The van der Waals surface area contributed by atoms with Crippen LogP contribution in [-0.2, 0) is 5.75 Å². The van der Waals surface area contributed by atoms with E-state index in [1.54, 1.807) is 28.8 Å². The van der Waals surface area contributed by atoms with E-state index in [0.29, 0.717) is 23.5 Å². The highest BCUT2D eigenvalue weighted by atomic mass is 79.9. The number of benzene rings is 1. The number of amidine groups is 1. The molecule has 0 saturated heterocycles. The van der Waals surface area contributed by atoms with Gasteiger partial charge in [0.25, 0.3) is 5.91 Å². The van der Waals surface area contributed by atoms with Crippen molar-refractivity contribution in [2.75, 3.05) is 13.1 Å². The Morgan fingerprint density at radius 3 is 2.77 bits per heavy atom. The first-order valence-electron chi connectivity index (χ1n) is 6.93. The van der Waals surface area contributed by atoms with Crippen molar-refractivity contribution in [2.24, 2.45) is 4.99 Å². The summed E-state index contributed by atoms with van der Waals surface area (Å²) in [6.07, 6.45) is 0. The normalized spacial score (nSPS) is 14.3. The van der Waals surface area contributed by atoms with Gasteiger partial charge >= 0.3 is 0 Å². The number of nitrogens with zero attached hydrogens (tertiary/aromatic N) is 2. The van der Waals surface area contributed by atoms with Gasteiger partial charge in [0.2, 0.25) is 0 Å². The molecule has 0 saturated carbocycles. The van der Waals surface area contributed by atoms with Crippen molar-refractivity contribution in [2.45, 2.75) is 12.7 Å². The Morgan fingerprint density at radius 1 is 1.32 bits per heavy atom. The highest BCUT2D eigenvalue weighted by molar-refractivity contribution is 9.10. The van der Waals surface area contributed by atoms with E-state index in [1.165, 1.54) is 11.1 Å². The molecule has 0 N–H and O–H groups in total. The first-order chi connectivity index (χ1) is 10.6. The van der Waals surface area contributed by atoms with Crippen LogP contribution in [0.2, 0.25) is 0 Å². The Labute approximate surface area is 141 Å². The molecule has 4 nitrogen and oxygen atoms in total. The smallest absolute Gasteiger partial charge is 0.295 e. The first kappa shape index (κ1) is 15.4. The third-order valence-electron chi connectivity index (χ3n) is 3.32. The average Bonchev–Trinajstić information content (AvgIpc) is 3.15. The van der Waals surface area contributed by atoms with Crippen molar-refractivity contribution in [1.82, 2.24) is 4.90 Å². The van der Waals surface area contributed by atoms with E-state index in [0.717, 1.165) is 10.9 Å². The Hall–Kier alpha value is -1.53. The molecule has 1 aromatic heterocycles. The van der Waals surface area contributed by atoms with E-state index < -0.39 is 0 Å². The average molecular weight is 379 g/mol. The number of hydrogen-bond acceptors (Lipinski definition) is 4. The Bertz CT molecular complexity index is 709. The number of furan rings is 1. The molecule has 2 aromatic rings. The van der Waals surface area contributed by atoms with Gasteiger partial charge in [-0.05, 0) is 40.5 Å². The molecule has 0 unspecified atom stereocenters. The number of aliphatic imine (C=N–C) groups is 1. The zero-order valence-electron chi connectivity index (χ0n) is 12.1. The molecule has 0 atom stereocenters. The highest BCUT2D eigenvalue weighted by Crippen LogP contribution is 2.23. The molecule has 0 radical (unpaired) electrons. The van der Waals surface area contributed by atoms with Crippen LogP contribution >= 0.6 is 27.7 Å². The van der Waals surface area contributed by atoms with Crippen molar-refractivity contribution >= 4 is 38.8 Å². The van der Waals surface area contributed by atoms with Gasteiger partial charge in [-0.2, -0.15) is 0 Å². The van der Waals surface area contributed by atoms with Crippen LogP contribution in [0.25, 0.3) is 0 Å². The number of halogens is 1. The summed E-state index contributed by atoms with van der Waals surface area (Å²) in [5.74, 6) is 0.987. The van der Waals surface area contributed by atoms with Crippen molar-refractivity contribution in [3.63, 3.8) is 0 Å². The third-order valence-corrected chi connectivity index (χ3v) is 4.83. The standard InChI is InChI=1S/C16H15BrN2O2S/c1-11-2-4-12(5-3-11)10-22-16-18-8-9-19(16)15(20)13-6-7-14(17)21-13/h2-7H,8-10H2,1H3. The molecule has 0 fully saturated rings. The summed E-state index contributed by atoms with van der Waals surface area (Å²) < 4.78 is 5.90. The monoisotopic (exact) mass is 378 g/mol. The SMILES string of the molecule is Cc1ccc(CSC2=NCCN2C(=O)c2ccc(Br)o2)cc1. The lowest BCUT2D eigenvalue weighted by atomic mass is 10.2. The summed E-state index contributed by atoms with van der Waals surface area (Å²) in [4.78, 5) is 18.6. The fourth-order valence-electron chi connectivity index (χ4n) is 2.13. The predicted molar refractivity (Wildman–Crippen MR) is 92.2 cm³/mol. The van der Waals surface area contributed by atoms with Crippen LogP contribution in [0.5, 0.6) is 0 Å². The number of carbonyl (C=O) groups is 1. The molecule has 3 rings (SSSR count). The minimum absolute atomic E-state index is 0.140. The molecular weight excluding hydrogens is 364 g/mol. The highest BCUT2D eigenvalue weighted by Gasteiger charge is 2.27. The van der Waals surface area contributed by atoms with E-state index in [9.17, 15) is 4.79 Å². The molecule has 1 aliphatic rings. The van der Waals surface area contributed by atoms with E-state index in [4.69, 9.17) is 4.42 Å². The largest absolute Gasteiger partial charge is 0.444 e. The molecule has 1 aliphatic heterocycles. The van der Waals surface area contributed by atoms with Gasteiger partial charge in [-0.1, -0.05) is 41.6 Å². The van der Waals surface area contributed by atoms with Gasteiger partial charge in [-0.3, -0.25) is 14.7 Å². The molecule has 2 heterocycles. The molecule has 1 amide bonds. The number of thioether (sulfide) groups is 1. The number of amides is 1. The van der Waals surface area contributed by atoms with Crippen LogP contribution in [0.1, 0.15) is 21.7 Å². The van der Waals surface area contributed by atoms with E-state index in [2.05, 4.69) is 52.1 Å². The van der Waals surface area contributed by atoms with Crippen molar-refractivity contribution in [3.05, 3.63) is 58.0 Å². The molecule has 22 heavy (non-hydrogen) atoms. The van der Waals surface area contributed by atoms with E-state index in [1.807, 2.05) is 0 Å². The summed E-state index contributed by atoms with van der Waals surface area (Å²) >= 11 is 4.80. The van der Waals surface area contributed by atoms with Crippen LogP contribution in [-0.4, -0.2) is 29.1 Å². The van der Waals surface area contributed by atoms with Crippen LogP contribution in [0.4, 0.5) is 0 Å². The summed E-state index contributed by atoms with van der Waals surface area (Å²) in [6.45, 7) is 3.32. The number of hydrogen-bond donors (Lipinski definition) is 0. The van der Waals surface area contributed by atoms with Crippen LogP contribution in [0, 0.1) is 6.92 Å². The molecule has 0 bridgehead atoms. The zero-order chi connectivity index (χ0) is 15.5. The second-order valence-electron chi connectivity index (χ2n) is 5.00. The van der Waals surface area contributed by atoms with Gasteiger partial charge in [-0.25, -0.2) is 0 Å². The van der Waals surface area contributed by atoms with Crippen LogP contribution < -0.4 is 0 Å². The maximum atomic E-state index is 12.4. The molecule has 0 spiro atoms. The second kappa shape index (κ2) is 6.71. The number of rotatable bonds is 3. The van der Waals surface area contributed by atoms with Crippen molar-refractivity contribution < 1.29 is 9.21 Å². The number of carbonyl (C=O) groups excluding carboxylic acids is 1. The molecule has 6 heteroatoms. The fourth-order valence-corrected chi connectivity index (χ4v) is 3.44. The number of aryl methyl sites for hydroxylation is 1. The Morgan fingerprint density at radius 2 is 2.09 bits per heavy atom. The molecular formula is C16H15BrN2O2S. The topological polar surface area (TPSA) is 45.8 Å². The quantitative estimate of drug-likeness (QED) is 0.807. The zero-order valence-corrected chi connectivity index (χ0v) is 14.5. The molecule has 114 valence electrons. The first-order valence-corrected chi connectivity index (χ1v) is 8.71.